The van der Waals surface area contributed by atoms with Crippen molar-refractivity contribution in [3.8, 4) is 5.75 Å². The predicted octanol–water partition coefficient (Wildman–Crippen LogP) is 5.02. The Kier molecular flexibility index (Phi) is 5.87. The first-order chi connectivity index (χ1) is 13.7. The lowest BCUT2D eigenvalue weighted by molar-refractivity contribution is 0.0726. The number of fused-ring (bicyclic) bond motifs is 1. The van der Waals surface area contributed by atoms with Gasteiger partial charge in [0, 0.05) is 11.9 Å². The first-order valence-electron chi connectivity index (χ1n) is 10.1. The molecule has 29 heavy (non-hydrogen) atoms. The number of carbonyl (C=O) groups is 1. The normalized spacial score (nSPS) is 11.6. The predicted molar refractivity (Wildman–Crippen MR) is 116 cm³/mol. The molecule has 0 saturated heterocycles. The first-order valence-corrected chi connectivity index (χ1v) is 10.1. The van der Waals surface area contributed by atoms with Gasteiger partial charge in [-0.15, -0.1) is 0 Å². The van der Waals surface area contributed by atoms with Crippen molar-refractivity contribution in [1.29, 1.82) is 0 Å². The molecule has 3 aromatic rings. The van der Waals surface area contributed by atoms with Gasteiger partial charge in [0.25, 0.3) is 5.56 Å². The number of unbranched alkanes of at least 4 members (excludes halogenated alkanes) is 1. The quantitative estimate of drug-likeness (QED) is 0.452. The molecule has 0 unspecified atom stereocenters. The van der Waals surface area contributed by atoms with Crippen molar-refractivity contribution >= 4 is 16.7 Å². The van der Waals surface area contributed by atoms with Gasteiger partial charge in [-0.3, -0.25) is 4.79 Å². The maximum Gasteiger partial charge on any atom is 0.364 e. The van der Waals surface area contributed by atoms with E-state index in [-0.39, 0.29) is 16.7 Å². The van der Waals surface area contributed by atoms with Crippen LogP contribution in [-0.2, 0) is 12.0 Å². The van der Waals surface area contributed by atoms with E-state index in [4.69, 9.17) is 4.74 Å². The zero-order chi connectivity index (χ0) is 21.2. The summed E-state index contributed by atoms with van der Waals surface area (Å²) in [5, 5.41) is 5.34. The Hall–Kier alpha value is -2.95. The number of aryl methyl sites for hydroxylation is 2. The molecule has 2 aromatic carbocycles. The molecule has 3 rings (SSSR count). The second-order valence-corrected chi connectivity index (χ2v) is 8.40. The fourth-order valence-corrected chi connectivity index (χ4v) is 3.22. The van der Waals surface area contributed by atoms with Crippen molar-refractivity contribution < 1.29 is 9.53 Å². The third kappa shape index (κ3) is 4.39. The van der Waals surface area contributed by atoms with Gasteiger partial charge in [-0.05, 0) is 42.0 Å². The van der Waals surface area contributed by atoms with Gasteiger partial charge >= 0.3 is 5.97 Å². The van der Waals surface area contributed by atoms with E-state index in [2.05, 4.69) is 25.9 Å². The van der Waals surface area contributed by atoms with Crippen LogP contribution in [0.1, 0.15) is 62.2 Å². The summed E-state index contributed by atoms with van der Waals surface area (Å²) in [6, 6.07) is 12.9. The number of hydrogen-bond donors (Lipinski definition) is 0. The summed E-state index contributed by atoms with van der Waals surface area (Å²) >= 11 is 0. The van der Waals surface area contributed by atoms with Crippen LogP contribution in [0.4, 0.5) is 0 Å². The van der Waals surface area contributed by atoms with Crippen LogP contribution < -0.4 is 10.3 Å². The molecule has 1 heterocycles. The number of hydrogen-bond acceptors (Lipinski definition) is 4. The highest BCUT2D eigenvalue weighted by Crippen LogP contribution is 2.28. The second-order valence-electron chi connectivity index (χ2n) is 8.40. The fraction of sp³-hybridized carbons (Fsp3) is 0.375. The summed E-state index contributed by atoms with van der Waals surface area (Å²) in [4.78, 5) is 25.7. The van der Waals surface area contributed by atoms with E-state index in [1.165, 1.54) is 10.2 Å². The Morgan fingerprint density at radius 3 is 2.41 bits per heavy atom. The number of aromatic nitrogens is 2. The third-order valence-electron chi connectivity index (χ3n) is 5.03. The van der Waals surface area contributed by atoms with Gasteiger partial charge in [-0.2, -0.15) is 5.10 Å². The molecule has 5 heteroatoms. The van der Waals surface area contributed by atoms with Gasteiger partial charge in [0.15, 0.2) is 5.69 Å². The minimum Gasteiger partial charge on any atom is -0.421 e. The van der Waals surface area contributed by atoms with Crippen LogP contribution in [0.2, 0.25) is 0 Å². The molecule has 0 saturated carbocycles. The molecule has 0 bridgehead atoms. The molecule has 0 amide bonds. The molecular weight excluding hydrogens is 364 g/mol. The standard InChI is InChI=1S/C24H28N2O3/c1-6-7-14-26-22(27)19-11-9-8-10-18(19)21(25-26)23(28)29-20-13-12-17(15-16(20)2)24(3,4)5/h8-13,15H,6-7,14H2,1-5H3. The highest BCUT2D eigenvalue weighted by atomic mass is 16.5. The number of benzene rings is 2. The summed E-state index contributed by atoms with van der Waals surface area (Å²) in [5.41, 5.74) is 2.05. The smallest absolute Gasteiger partial charge is 0.364 e. The molecule has 5 nitrogen and oxygen atoms in total. The molecule has 0 atom stereocenters. The highest BCUT2D eigenvalue weighted by Gasteiger charge is 2.20. The third-order valence-corrected chi connectivity index (χ3v) is 5.03. The number of esters is 1. The Bertz CT molecular complexity index is 1110. The van der Waals surface area contributed by atoms with Gasteiger partial charge in [-0.25, -0.2) is 9.48 Å². The maximum atomic E-state index is 13.0. The lowest BCUT2D eigenvalue weighted by Gasteiger charge is -2.20. The van der Waals surface area contributed by atoms with E-state index in [0.717, 1.165) is 18.4 Å². The Labute approximate surface area is 171 Å². The number of nitrogens with zero attached hydrogens (tertiary/aromatic N) is 2. The van der Waals surface area contributed by atoms with Gasteiger partial charge in [0.05, 0.1) is 5.39 Å². The molecular formula is C24H28N2O3. The van der Waals surface area contributed by atoms with E-state index < -0.39 is 5.97 Å². The average molecular weight is 392 g/mol. The van der Waals surface area contributed by atoms with Crippen LogP contribution in [0.5, 0.6) is 5.75 Å². The molecule has 0 aliphatic heterocycles. The molecule has 0 fully saturated rings. The van der Waals surface area contributed by atoms with E-state index in [9.17, 15) is 9.59 Å². The van der Waals surface area contributed by atoms with Crippen molar-refractivity contribution in [2.75, 3.05) is 0 Å². The topological polar surface area (TPSA) is 61.2 Å². The van der Waals surface area contributed by atoms with Crippen molar-refractivity contribution in [2.45, 2.75) is 59.4 Å². The lowest BCUT2D eigenvalue weighted by Crippen LogP contribution is -2.27. The SMILES string of the molecule is CCCCn1nc(C(=O)Oc2ccc(C(C)(C)C)cc2C)c2ccccc2c1=O. The molecule has 0 spiro atoms. The van der Waals surface area contributed by atoms with Crippen LogP contribution in [0, 0.1) is 6.92 Å². The van der Waals surface area contributed by atoms with Gasteiger partial charge in [0.2, 0.25) is 0 Å². The van der Waals surface area contributed by atoms with Crippen LogP contribution in [0.15, 0.2) is 47.3 Å². The minimum absolute atomic E-state index is 0.0137. The molecule has 0 N–H and O–H groups in total. The van der Waals surface area contributed by atoms with Crippen molar-refractivity contribution in [3.05, 3.63) is 69.6 Å². The highest BCUT2D eigenvalue weighted by molar-refractivity contribution is 6.02. The Balaban J connectivity index is 2.01. The van der Waals surface area contributed by atoms with E-state index in [1.807, 2.05) is 32.0 Å². The summed E-state index contributed by atoms with van der Waals surface area (Å²) in [7, 11) is 0. The zero-order valence-electron chi connectivity index (χ0n) is 17.8. The summed E-state index contributed by atoms with van der Waals surface area (Å²) in [6.07, 6.45) is 1.74. The molecule has 152 valence electrons. The zero-order valence-corrected chi connectivity index (χ0v) is 17.8. The van der Waals surface area contributed by atoms with Crippen LogP contribution >= 0.6 is 0 Å². The monoisotopic (exact) mass is 392 g/mol. The molecule has 0 aliphatic carbocycles. The summed E-state index contributed by atoms with van der Waals surface area (Å²) in [5.74, 6) is -0.0572. The Morgan fingerprint density at radius 2 is 1.79 bits per heavy atom. The molecule has 1 aromatic heterocycles. The molecule has 0 radical (unpaired) electrons. The number of carbonyl (C=O) groups excluding carboxylic acids is 1. The van der Waals surface area contributed by atoms with Crippen molar-refractivity contribution in [2.24, 2.45) is 0 Å². The van der Waals surface area contributed by atoms with E-state index in [0.29, 0.717) is 23.1 Å². The van der Waals surface area contributed by atoms with Gasteiger partial charge in [-0.1, -0.05) is 64.4 Å². The fourth-order valence-electron chi connectivity index (χ4n) is 3.22. The Morgan fingerprint density at radius 1 is 1.10 bits per heavy atom. The lowest BCUT2D eigenvalue weighted by atomic mass is 9.86. The van der Waals surface area contributed by atoms with Crippen molar-refractivity contribution in [3.63, 3.8) is 0 Å². The summed E-state index contributed by atoms with van der Waals surface area (Å²) in [6.45, 7) is 10.9. The van der Waals surface area contributed by atoms with Gasteiger partial charge < -0.3 is 4.74 Å². The van der Waals surface area contributed by atoms with Crippen molar-refractivity contribution in [1.82, 2.24) is 9.78 Å². The van der Waals surface area contributed by atoms with Gasteiger partial charge in [0.1, 0.15) is 5.75 Å². The van der Waals surface area contributed by atoms with E-state index in [1.54, 1.807) is 24.3 Å². The summed E-state index contributed by atoms with van der Waals surface area (Å²) < 4.78 is 7.06. The minimum atomic E-state index is -0.557. The second kappa shape index (κ2) is 8.19. The van der Waals surface area contributed by atoms with Crippen LogP contribution in [0.25, 0.3) is 10.8 Å². The maximum absolute atomic E-state index is 13.0. The van der Waals surface area contributed by atoms with Crippen LogP contribution in [-0.4, -0.2) is 15.7 Å². The number of rotatable bonds is 5. The number of ether oxygens (including phenoxy) is 1. The van der Waals surface area contributed by atoms with Crippen LogP contribution in [0.3, 0.4) is 0 Å². The average Bonchev–Trinajstić information content (AvgIpc) is 2.68. The first kappa shape index (κ1) is 20.8. The van der Waals surface area contributed by atoms with E-state index >= 15 is 0 Å². The largest absolute Gasteiger partial charge is 0.421 e. The molecule has 0 aliphatic rings.